The van der Waals surface area contributed by atoms with Crippen molar-refractivity contribution in [2.45, 2.75) is 45.6 Å². The van der Waals surface area contributed by atoms with Gasteiger partial charge in [0.2, 0.25) is 5.91 Å². The van der Waals surface area contributed by atoms with Crippen LogP contribution in [0.15, 0.2) is 60.7 Å². The molecule has 0 unspecified atom stereocenters. The van der Waals surface area contributed by atoms with Crippen molar-refractivity contribution in [1.29, 1.82) is 0 Å². The lowest BCUT2D eigenvalue weighted by atomic mass is 9.91. The molecular formula is C31H33ClN2O6. The van der Waals surface area contributed by atoms with E-state index in [0.717, 1.165) is 52.1 Å². The smallest absolute Gasteiger partial charge is 0.407 e. The summed E-state index contributed by atoms with van der Waals surface area (Å²) >= 11 is 6.17. The number of benzene rings is 3. The van der Waals surface area contributed by atoms with Crippen LogP contribution in [0.5, 0.6) is 5.75 Å². The Morgan fingerprint density at radius 3 is 2.67 bits per heavy atom. The predicted octanol–water partition coefficient (Wildman–Crippen LogP) is 6.15. The minimum Gasteiger partial charge on any atom is -0.493 e. The number of amides is 2. The van der Waals surface area contributed by atoms with Crippen molar-refractivity contribution < 1.29 is 29.0 Å². The molecule has 0 atom stereocenters. The maximum atomic E-state index is 13.2. The van der Waals surface area contributed by atoms with Crippen molar-refractivity contribution in [3.63, 3.8) is 0 Å². The Kier molecular flexibility index (Phi) is 10.0. The molecule has 1 heterocycles. The number of anilines is 1. The van der Waals surface area contributed by atoms with Crippen LogP contribution in [-0.2, 0) is 27.4 Å². The Bertz CT molecular complexity index is 1380. The first-order valence-corrected chi connectivity index (χ1v) is 13.7. The van der Waals surface area contributed by atoms with E-state index in [4.69, 9.17) is 26.2 Å². The highest BCUT2D eigenvalue weighted by molar-refractivity contribution is 6.31. The standard InChI is InChI=1S/C31H33ClN2O6/c1-21-26(32)11-4-13-28(21)39-18-6-14-29(35)34-17-5-10-25-24(9-3-12-27(25)34)23-8-2-7-22(19-23)20-40-31(38)33-16-15-30(36)37/h2-4,7-9,11-13,19H,5-6,10,14-18,20H2,1H3,(H,33,38)(H,36,37). The number of aliphatic carboxylic acids is 1. The number of carboxylic acid groups (broad SMARTS) is 1. The van der Waals surface area contributed by atoms with Gasteiger partial charge in [0, 0.05) is 35.8 Å². The minimum atomic E-state index is -0.989. The first-order chi connectivity index (χ1) is 19.3. The zero-order valence-corrected chi connectivity index (χ0v) is 23.2. The fourth-order valence-corrected chi connectivity index (χ4v) is 4.90. The summed E-state index contributed by atoms with van der Waals surface area (Å²) in [5, 5.41) is 11.8. The molecule has 3 aromatic carbocycles. The molecular weight excluding hydrogens is 532 g/mol. The van der Waals surface area contributed by atoms with Crippen LogP contribution in [0.4, 0.5) is 10.5 Å². The molecule has 1 aliphatic rings. The third-order valence-electron chi connectivity index (χ3n) is 6.78. The molecule has 9 heteroatoms. The molecule has 40 heavy (non-hydrogen) atoms. The highest BCUT2D eigenvalue weighted by Crippen LogP contribution is 2.36. The summed E-state index contributed by atoms with van der Waals surface area (Å²) in [6.45, 7) is 3.08. The Morgan fingerprint density at radius 2 is 1.85 bits per heavy atom. The Balaban J connectivity index is 1.38. The van der Waals surface area contributed by atoms with Gasteiger partial charge in [-0.25, -0.2) is 4.79 Å². The van der Waals surface area contributed by atoms with Gasteiger partial charge in [-0.15, -0.1) is 0 Å². The quantitative estimate of drug-likeness (QED) is 0.270. The molecule has 0 radical (unpaired) electrons. The minimum absolute atomic E-state index is 0.00811. The van der Waals surface area contributed by atoms with Gasteiger partial charge in [-0.3, -0.25) is 9.59 Å². The van der Waals surface area contributed by atoms with E-state index in [1.807, 2.05) is 72.5 Å². The van der Waals surface area contributed by atoms with Crippen LogP contribution in [-0.4, -0.2) is 42.8 Å². The van der Waals surface area contributed by atoms with Gasteiger partial charge in [-0.1, -0.05) is 48.0 Å². The summed E-state index contributed by atoms with van der Waals surface area (Å²) in [6, 6.07) is 19.3. The summed E-state index contributed by atoms with van der Waals surface area (Å²) in [7, 11) is 0. The van der Waals surface area contributed by atoms with Gasteiger partial charge in [0.05, 0.1) is 13.0 Å². The highest BCUT2D eigenvalue weighted by atomic mass is 35.5. The highest BCUT2D eigenvalue weighted by Gasteiger charge is 2.24. The van der Waals surface area contributed by atoms with Crippen molar-refractivity contribution in [3.8, 4) is 16.9 Å². The maximum Gasteiger partial charge on any atom is 0.407 e. The molecule has 0 bridgehead atoms. The molecule has 0 saturated heterocycles. The van der Waals surface area contributed by atoms with Gasteiger partial charge in [-0.2, -0.15) is 0 Å². The first-order valence-electron chi connectivity index (χ1n) is 13.4. The average Bonchev–Trinajstić information content (AvgIpc) is 2.95. The van der Waals surface area contributed by atoms with Gasteiger partial charge < -0.3 is 24.8 Å². The van der Waals surface area contributed by atoms with Gasteiger partial charge in [0.15, 0.2) is 0 Å². The second kappa shape index (κ2) is 13.8. The van der Waals surface area contributed by atoms with Crippen molar-refractivity contribution in [1.82, 2.24) is 5.32 Å². The topological polar surface area (TPSA) is 105 Å². The normalized spacial score (nSPS) is 12.4. The molecule has 2 N–H and O–H groups in total. The van der Waals surface area contributed by atoms with E-state index < -0.39 is 12.1 Å². The Morgan fingerprint density at radius 1 is 1.05 bits per heavy atom. The number of carbonyl (C=O) groups is 3. The van der Waals surface area contributed by atoms with Crippen LogP contribution in [0.2, 0.25) is 5.02 Å². The summed E-state index contributed by atoms with van der Waals surface area (Å²) in [4.78, 5) is 37.6. The van der Waals surface area contributed by atoms with E-state index in [-0.39, 0.29) is 25.5 Å². The van der Waals surface area contributed by atoms with Gasteiger partial charge in [0.1, 0.15) is 12.4 Å². The number of halogens is 1. The van der Waals surface area contributed by atoms with E-state index >= 15 is 0 Å². The fraction of sp³-hybridized carbons (Fsp3) is 0.323. The SMILES string of the molecule is Cc1c(Cl)cccc1OCCCC(=O)N1CCCc2c(-c3cccc(COC(=O)NCCC(=O)O)c3)cccc21. The number of carbonyl (C=O) groups excluding carboxylic acids is 2. The summed E-state index contributed by atoms with van der Waals surface area (Å²) in [5.41, 5.74) is 5.77. The first kappa shape index (κ1) is 29.0. The molecule has 4 rings (SSSR count). The molecule has 0 aliphatic carbocycles. The number of hydrogen-bond donors (Lipinski definition) is 2. The van der Waals surface area contributed by atoms with Crippen LogP contribution < -0.4 is 15.0 Å². The lowest BCUT2D eigenvalue weighted by Crippen LogP contribution is -2.35. The zero-order valence-electron chi connectivity index (χ0n) is 22.5. The Labute approximate surface area is 238 Å². The van der Waals surface area contributed by atoms with Crippen LogP contribution >= 0.6 is 11.6 Å². The van der Waals surface area contributed by atoms with Crippen LogP contribution in [0.3, 0.4) is 0 Å². The monoisotopic (exact) mass is 564 g/mol. The second-order valence-corrected chi connectivity index (χ2v) is 10.0. The van der Waals surface area contributed by atoms with Crippen molar-refractivity contribution in [2.24, 2.45) is 0 Å². The van der Waals surface area contributed by atoms with E-state index in [1.54, 1.807) is 0 Å². The molecule has 1 aliphatic heterocycles. The number of carboxylic acids is 1. The molecule has 0 spiro atoms. The van der Waals surface area contributed by atoms with Crippen molar-refractivity contribution >= 4 is 35.3 Å². The molecule has 8 nitrogen and oxygen atoms in total. The predicted molar refractivity (Wildman–Crippen MR) is 154 cm³/mol. The maximum absolute atomic E-state index is 13.2. The number of rotatable bonds is 11. The van der Waals surface area contributed by atoms with E-state index in [1.165, 1.54) is 0 Å². The summed E-state index contributed by atoms with van der Waals surface area (Å²) in [6.07, 6.45) is 1.88. The van der Waals surface area contributed by atoms with Gasteiger partial charge >= 0.3 is 12.1 Å². The zero-order chi connectivity index (χ0) is 28.5. The lowest BCUT2D eigenvalue weighted by molar-refractivity contribution is -0.136. The van der Waals surface area contributed by atoms with Gasteiger partial charge in [0.25, 0.3) is 0 Å². The number of hydrogen-bond acceptors (Lipinski definition) is 5. The molecule has 210 valence electrons. The third kappa shape index (κ3) is 7.54. The lowest BCUT2D eigenvalue weighted by Gasteiger charge is -2.31. The molecule has 2 amide bonds. The van der Waals surface area contributed by atoms with Gasteiger partial charge in [-0.05, 0) is 72.7 Å². The van der Waals surface area contributed by atoms with Crippen molar-refractivity contribution in [2.75, 3.05) is 24.6 Å². The Hall–Kier alpha value is -4.04. The molecule has 3 aromatic rings. The number of fused-ring (bicyclic) bond motifs is 1. The van der Waals surface area contributed by atoms with Crippen LogP contribution in [0.25, 0.3) is 11.1 Å². The second-order valence-electron chi connectivity index (χ2n) is 9.61. The van der Waals surface area contributed by atoms with Crippen LogP contribution in [0.1, 0.15) is 42.4 Å². The summed E-state index contributed by atoms with van der Waals surface area (Å²) in [5.74, 6) is -0.183. The fourth-order valence-electron chi connectivity index (χ4n) is 4.74. The van der Waals surface area contributed by atoms with E-state index in [2.05, 4.69) is 5.32 Å². The number of nitrogens with one attached hydrogen (secondary N) is 1. The average molecular weight is 565 g/mol. The number of alkyl carbamates (subject to hydrolysis) is 1. The largest absolute Gasteiger partial charge is 0.493 e. The molecule has 0 saturated carbocycles. The number of nitrogens with zero attached hydrogens (tertiary/aromatic N) is 1. The van der Waals surface area contributed by atoms with Crippen LogP contribution in [0, 0.1) is 6.92 Å². The van der Waals surface area contributed by atoms with Crippen molar-refractivity contribution in [3.05, 3.63) is 82.4 Å². The number of ether oxygens (including phenoxy) is 2. The molecule has 0 fully saturated rings. The van der Waals surface area contributed by atoms with E-state index in [0.29, 0.717) is 31.0 Å². The van der Waals surface area contributed by atoms with E-state index in [9.17, 15) is 14.4 Å². The third-order valence-corrected chi connectivity index (χ3v) is 7.19. The molecule has 0 aromatic heterocycles. The summed E-state index contributed by atoms with van der Waals surface area (Å²) < 4.78 is 11.1.